The predicted molar refractivity (Wildman–Crippen MR) is 157 cm³/mol. The Morgan fingerprint density at radius 2 is 1.74 bits per heavy atom. The number of H-pyrrole nitrogens is 1. The van der Waals surface area contributed by atoms with Gasteiger partial charge in [0.1, 0.15) is 0 Å². The van der Waals surface area contributed by atoms with E-state index >= 15 is 0 Å². The number of likely N-dealkylation sites (N-methyl/N-ethyl adjacent to an activating group) is 1. The smallest absolute Gasteiger partial charge is 0.393 e. The highest BCUT2D eigenvalue weighted by molar-refractivity contribution is 7.92. The zero-order chi connectivity index (χ0) is 28.4. The SMILES string of the molecule is CN(C)CCNC(=O)Oc1[nH]c2ccc(NS(=O)(=O)c3ccc(C(C)(C)C)cc3)cc2c1-c1cccc(Cl)c1. The molecule has 0 fully saturated rings. The summed E-state index contributed by atoms with van der Waals surface area (Å²) in [5, 5.41) is 3.91. The Morgan fingerprint density at radius 3 is 2.38 bits per heavy atom. The fraction of sp³-hybridized carbons (Fsp3) is 0.276. The molecular weight excluding hydrogens is 536 g/mol. The van der Waals surface area contributed by atoms with Crippen LogP contribution in [0.4, 0.5) is 10.5 Å². The molecule has 0 spiro atoms. The van der Waals surface area contributed by atoms with E-state index in [1.807, 2.05) is 37.2 Å². The van der Waals surface area contributed by atoms with Gasteiger partial charge in [0, 0.05) is 34.7 Å². The second-order valence-corrected chi connectivity index (χ2v) is 12.7. The second-order valence-electron chi connectivity index (χ2n) is 10.6. The van der Waals surface area contributed by atoms with Crippen LogP contribution in [0.3, 0.4) is 0 Å². The minimum Gasteiger partial charge on any atom is -0.393 e. The zero-order valence-electron chi connectivity index (χ0n) is 22.6. The Balaban J connectivity index is 1.69. The molecule has 8 nitrogen and oxygen atoms in total. The van der Waals surface area contributed by atoms with Crippen molar-refractivity contribution in [3.8, 4) is 17.0 Å². The summed E-state index contributed by atoms with van der Waals surface area (Å²) in [4.78, 5) is 17.8. The lowest BCUT2D eigenvalue weighted by Crippen LogP contribution is -2.33. The normalized spacial score (nSPS) is 12.1. The first-order valence-electron chi connectivity index (χ1n) is 12.5. The van der Waals surface area contributed by atoms with Crippen LogP contribution in [0.25, 0.3) is 22.0 Å². The van der Waals surface area contributed by atoms with E-state index in [4.69, 9.17) is 16.3 Å². The predicted octanol–water partition coefficient (Wildman–Crippen LogP) is 6.24. The Hall–Kier alpha value is -3.53. The molecule has 1 aromatic heterocycles. The first-order valence-corrected chi connectivity index (χ1v) is 14.3. The third-order valence-corrected chi connectivity index (χ3v) is 7.82. The monoisotopic (exact) mass is 568 g/mol. The molecule has 3 aromatic carbocycles. The summed E-state index contributed by atoms with van der Waals surface area (Å²) >= 11 is 6.27. The molecule has 39 heavy (non-hydrogen) atoms. The van der Waals surface area contributed by atoms with Crippen LogP contribution in [0.1, 0.15) is 26.3 Å². The second kappa shape index (κ2) is 11.3. The lowest BCUT2D eigenvalue weighted by Gasteiger charge is -2.19. The summed E-state index contributed by atoms with van der Waals surface area (Å²) in [5.41, 5.74) is 3.28. The van der Waals surface area contributed by atoms with Gasteiger partial charge in [0.15, 0.2) is 0 Å². The Bertz CT molecular complexity index is 1590. The molecule has 0 saturated carbocycles. The highest BCUT2D eigenvalue weighted by atomic mass is 35.5. The van der Waals surface area contributed by atoms with E-state index in [0.29, 0.717) is 45.8 Å². The maximum absolute atomic E-state index is 13.2. The minimum atomic E-state index is -3.84. The lowest BCUT2D eigenvalue weighted by atomic mass is 9.87. The number of rotatable bonds is 8. The minimum absolute atomic E-state index is 0.0885. The molecule has 0 radical (unpaired) electrons. The third-order valence-electron chi connectivity index (χ3n) is 6.18. The highest BCUT2D eigenvalue weighted by Crippen LogP contribution is 2.39. The van der Waals surface area contributed by atoms with Gasteiger partial charge in [-0.1, -0.05) is 56.6 Å². The van der Waals surface area contributed by atoms with Crippen LogP contribution < -0.4 is 14.8 Å². The van der Waals surface area contributed by atoms with E-state index in [-0.39, 0.29) is 16.2 Å². The summed E-state index contributed by atoms with van der Waals surface area (Å²) in [6.07, 6.45) is -0.605. The standard InChI is InChI=1S/C29H33ClN4O4S/c1-29(2,3)20-9-12-23(13-10-20)39(36,37)33-22-11-14-25-24(18-22)26(19-7-6-8-21(30)17-19)27(32-25)38-28(35)31-15-16-34(4)5/h6-14,17-18,32-33H,15-16H2,1-5H3,(H,31,35). The van der Waals surface area contributed by atoms with E-state index in [2.05, 4.69) is 35.8 Å². The number of nitrogens with one attached hydrogen (secondary N) is 3. The molecule has 0 saturated heterocycles. The molecule has 0 atom stereocenters. The number of sulfonamides is 1. The largest absolute Gasteiger partial charge is 0.413 e. The molecule has 4 rings (SSSR count). The van der Waals surface area contributed by atoms with Crippen LogP contribution in [0, 0.1) is 0 Å². The van der Waals surface area contributed by atoms with Crippen molar-refractivity contribution in [3.05, 3.63) is 77.3 Å². The van der Waals surface area contributed by atoms with Crippen molar-refractivity contribution in [2.24, 2.45) is 0 Å². The summed E-state index contributed by atoms with van der Waals surface area (Å²) in [5.74, 6) is 0.229. The first kappa shape index (κ1) is 28.5. The van der Waals surface area contributed by atoms with Gasteiger partial charge >= 0.3 is 6.09 Å². The van der Waals surface area contributed by atoms with Crippen LogP contribution in [0.2, 0.25) is 5.02 Å². The van der Waals surface area contributed by atoms with Crippen LogP contribution in [0.5, 0.6) is 5.88 Å². The first-order chi connectivity index (χ1) is 18.3. The van der Waals surface area contributed by atoms with Gasteiger partial charge in [0.25, 0.3) is 10.0 Å². The summed E-state index contributed by atoms with van der Waals surface area (Å²) < 4.78 is 34.7. The van der Waals surface area contributed by atoms with Gasteiger partial charge in [0.2, 0.25) is 5.88 Å². The van der Waals surface area contributed by atoms with Gasteiger partial charge in [-0.2, -0.15) is 0 Å². The topological polar surface area (TPSA) is 104 Å². The fourth-order valence-electron chi connectivity index (χ4n) is 4.10. The van der Waals surface area contributed by atoms with Crippen molar-refractivity contribution >= 4 is 44.3 Å². The summed E-state index contributed by atoms with van der Waals surface area (Å²) in [6.45, 7) is 7.30. The molecule has 0 bridgehead atoms. The van der Waals surface area contributed by atoms with Crippen molar-refractivity contribution in [2.45, 2.75) is 31.1 Å². The van der Waals surface area contributed by atoms with Gasteiger partial charge in [0.05, 0.1) is 10.5 Å². The summed E-state index contributed by atoms with van der Waals surface area (Å²) in [6, 6.07) is 19.1. The van der Waals surface area contributed by atoms with Gasteiger partial charge < -0.3 is 19.9 Å². The molecule has 4 aromatic rings. The van der Waals surface area contributed by atoms with Gasteiger partial charge in [-0.25, -0.2) is 13.2 Å². The van der Waals surface area contributed by atoms with E-state index in [0.717, 1.165) is 5.56 Å². The third kappa shape index (κ3) is 6.92. The zero-order valence-corrected chi connectivity index (χ0v) is 24.2. The Labute approximate surface area is 234 Å². The molecule has 3 N–H and O–H groups in total. The molecule has 0 aliphatic rings. The quantitative estimate of drug-likeness (QED) is 0.233. The van der Waals surface area contributed by atoms with Crippen molar-refractivity contribution in [3.63, 3.8) is 0 Å². The number of aromatic amines is 1. The number of anilines is 1. The van der Waals surface area contributed by atoms with Crippen molar-refractivity contribution in [1.82, 2.24) is 15.2 Å². The van der Waals surface area contributed by atoms with Gasteiger partial charge in [-0.3, -0.25) is 4.72 Å². The Morgan fingerprint density at radius 1 is 1.03 bits per heavy atom. The van der Waals surface area contributed by atoms with E-state index in [1.54, 1.807) is 48.5 Å². The number of hydrogen-bond acceptors (Lipinski definition) is 5. The number of carbonyl (C=O) groups excluding carboxylic acids is 1. The number of amides is 1. The van der Waals surface area contributed by atoms with Crippen LogP contribution in [-0.4, -0.2) is 51.6 Å². The number of ether oxygens (including phenoxy) is 1. The van der Waals surface area contributed by atoms with Crippen molar-refractivity contribution in [2.75, 3.05) is 31.9 Å². The fourth-order valence-corrected chi connectivity index (χ4v) is 5.34. The molecule has 0 unspecified atom stereocenters. The van der Waals surface area contributed by atoms with E-state index < -0.39 is 16.1 Å². The van der Waals surface area contributed by atoms with Crippen LogP contribution >= 0.6 is 11.6 Å². The Kier molecular flexibility index (Phi) is 8.25. The van der Waals surface area contributed by atoms with E-state index in [9.17, 15) is 13.2 Å². The van der Waals surface area contributed by atoms with Crippen LogP contribution in [0.15, 0.2) is 71.6 Å². The molecule has 1 amide bonds. The number of aromatic nitrogens is 1. The number of nitrogens with zero attached hydrogens (tertiary/aromatic N) is 1. The molecule has 10 heteroatoms. The number of fused-ring (bicyclic) bond motifs is 1. The average Bonchev–Trinajstić information content (AvgIpc) is 3.20. The molecule has 206 valence electrons. The van der Waals surface area contributed by atoms with Crippen LogP contribution in [-0.2, 0) is 15.4 Å². The molecule has 1 heterocycles. The number of halogens is 1. The maximum atomic E-state index is 13.2. The molecule has 0 aliphatic carbocycles. The highest BCUT2D eigenvalue weighted by Gasteiger charge is 2.21. The van der Waals surface area contributed by atoms with Crippen molar-refractivity contribution < 1.29 is 17.9 Å². The van der Waals surface area contributed by atoms with Crippen molar-refractivity contribution in [1.29, 1.82) is 0 Å². The summed E-state index contributed by atoms with van der Waals surface area (Å²) in [7, 11) is -0.0158. The average molecular weight is 569 g/mol. The lowest BCUT2D eigenvalue weighted by molar-refractivity contribution is 0.198. The number of benzene rings is 3. The molecular formula is C29H33ClN4O4S. The molecule has 0 aliphatic heterocycles. The van der Waals surface area contributed by atoms with Gasteiger partial charge in [-0.15, -0.1) is 0 Å². The number of carbonyl (C=O) groups is 1. The maximum Gasteiger partial charge on any atom is 0.413 e. The number of hydrogen-bond donors (Lipinski definition) is 3. The van der Waals surface area contributed by atoms with E-state index in [1.165, 1.54) is 0 Å². The van der Waals surface area contributed by atoms with Gasteiger partial charge in [-0.05, 0) is 73.1 Å².